The maximum atomic E-state index is 5.77. The van der Waals surface area contributed by atoms with Gasteiger partial charge in [0.1, 0.15) is 11.6 Å². The van der Waals surface area contributed by atoms with E-state index in [0.717, 1.165) is 17.2 Å². The largest absolute Gasteiger partial charge is 0.496 e. The first kappa shape index (κ1) is 18.3. The van der Waals surface area contributed by atoms with Gasteiger partial charge in [0.2, 0.25) is 11.9 Å². The van der Waals surface area contributed by atoms with Crippen LogP contribution in [0.15, 0.2) is 23.1 Å². The Balaban J connectivity index is 2.09. The zero-order valence-electron chi connectivity index (χ0n) is 14.8. The number of aromatic nitrogens is 3. The van der Waals surface area contributed by atoms with Crippen LogP contribution in [0.3, 0.4) is 0 Å². The van der Waals surface area contributed by atoms with Crippen LogP contribution >= 0.6 is 11.8 Å². The average molecular weight is 348 g/mol. The van der Waals surface area contributed by atoms with Crippen LogP contribution in [0.1, 0.15) is 11.4 Å². The molecule has 0 amide bonds. The number of anilines is 2. The molecule has 0 aliphatic rings. The maximum absolute atomic E-state index is 5.77. The quantitative estimate of drug-likeness (QED) is 0.760. The van der Waals surface area contributed by atoms with Crippen LogP contribution in [0.2, 0.25) is 0 Å². The number of benzene rings is 1. The van der Waals surface area contributed by atoms with Crippen LogP contribution < -0.4 is 15.4 Å². The lowest BCUT2D eigenvalue weighted by molar-refractivity contribution is 0.309. The Morgan fingerprint density at radius 2 is 1.88 bits per heavy atom. The predicted octanol–water partition coefficient (Wildman–Crippen LogP) is 1.88. The number of nitrogen functional groups attached to an aromatic ring is 1. The van der Waals surface area contributed by atoms with Gasteiger partial charge in [0.25, 0.3) is 0 Å². The summed E-state index contributed by atoms with van der Waals surface area (Å²) in [6.07, 6.45) is 2.04. The molecule has 1 aromatic carbocycles. The SMILES string of the molecule is COc1cc(CN(C)Cc2nc(N)nc(N(C)C)n2)ccc1SC. The van der Waals surface area contributed by atoms with Crippen molar-refractivity contribution in [2.75, 3.05) is 45.1 Å². The van der Waals surface area contributed by atoms with Crippen molar-refractivity contribution in [3.05, 3.63) is 29.6 Å². The van der Waals surface area contributed by atoms with E-state index in [1.807, 2.05) is 32.3 Å². The van der Waals surface area contributed by atoms with Crippen LogP contribution in [-0.2, 0) is 13.1 Å². The van der Waals surface area contributed by atoms with E-state index >= 15 is 0 Å². The summed E-state index contributed by atoms with van der Waals surface area (Å²) in [6.45, 7) is 1.34. The summed E-state index contributed by atoms with van der Waals surface area (Å²) < 4.78 is 5.44. The highest BCUT2D eigenvalue weighted by molar-refractivity contribution is 7.98. The van der Waals surface area contributed by atoms with Gasteiger partial charge in [-0.2, -0.15) is 15.0 Å². The predicted molar refractivity (Wildman–Crippen MR) is 98.5 cm³/mol. The average Bonchev–Trinajstić information content (AvgIpc) is 2.53. The second-order valence-electron chi connectivity index (χ2n) is 5.67. The van der Waals surface area contributed by atoms with Gasteiger partial charge in [-0.3, -0.25) is 4.90 Å². The summed E-state index contributed by atoms with van der Waals surface area (Å²) in [6, 6.07) is 6.25. The highest BCUT2D eigenvalue weighted by Gasteiger charge is 2.10. The third-order valence-corrected chi connectivity index (χ3v) is 4.18. The van der Waals surface area contributed by atoms with Crippen molar-refractivity contribution >= 4 is 23.7 Å². The minimum atomic E-state index is 0.239. The molecular formula is C16H24N6OS. The molecule has 0 saturated heterocycles. The summed E-state index contributed by atoms with van der Waals surface area (Å²) in [5, 5.41) is 0. The topological polar surface area (TPSA) is 80.4 Å². The fourth-order valence-electron chi connectivity index (χ4n) is 2.28. The van der Waals surface area contributed by atoms with Gasteiger partial charge in [-0.05, 0) is 31.0 Å². The molecule has 0 aliphatic heterocycles. The summed E-state index contributed by atoms with van der Waals surface area (Å²) in [5.74, 6) is 2.36. The summed E-state index contributed by atoms with van der Waals surface area (Å²) in [4.78, 5) is 17.8. The number of methoxy groups -OCH3 is 1. The third-order valence-electron chi connectivity index (χ3n) is 3.40. The van der Waals surface area contributed by atoms with Gasteiger partial charge in [-0.15, -0.1) is 11.8 Å². The molecule has 0 aliphatic carbocycles. The second kappa shape index (κ2) is 8.16. The van der Waals surface area contributed by atoms with Crippen LogP contribution in [0.4, 0.5) is 11.9 Å². The monoisotopic (exact) mass is 348 g/mol. The Morgan fingerprint density at radius 3 is 2.50 bits per heavy atom. The zero-order valence-corrected chi connectivity index (χ0v) is 15.6. The highest BCUT2D eigenvalue weighted by Crippen LogP contribution is 2.28. The number of ether oxygens (including phenoxy) is 1. The molecule has 2 rings (SSSR count). The molecule has 130 valence electrons. The van der Waals surface area contributed by atoms with Crippen LogP contribution in [0, 0.1) is 0 Å². The number of thioether (sulfide) groups is 1. The molecule has 2 aromatic rings. The van der Waals surface area contributed by atoms with E-state index in [-0.39, 0.29) is 5.95 Å². The first-order valence-electron chi connectivity index (χ1n) is 7.50. The highest BCUT2D eigenvalue weighted by atomic mass is 32.2. The molecule has 0 radical (unpaired) electrons. The first-order chi connectivity index (χ1) is 11.4. The number of hydrogen-bond donors (Lipinski definition) is 1. The fraction of sp³-hybridized carbons (Fsp3) is 0.438. The first-order valence-corrected chi connectivity index (χ1v) is 8.72. The standard InChI is InChI=1S/C16H24N6OS/c1-21(2)16-19-14(18-15(17)20-16)10-22(3)9-11-6-7-13(24-5)12(8-11)23-4/h6-8H,9-10H2,1-5H3,(H2,17,18,19,20). The van der Waals surface area contributed by atoms with Gasteiger partial charge in [0, 0.05) is 25.5 Å². The number of nitrogens with zero attached hydrogens (tertiary/aromatic N) is 5. The molecule has 0 bridgehead atoms. The van der Waals surface area contributed by atoms with Crippen molar-refractivity contribution in [1.82, 2.24) is 19.9 Å². The van der Waals surface area contributed by atoms with E-state index in [1.54, 1.807) is 18.9 Å². The van der Waals surface area contributed by atoms with E-state index in [2.05, 4.69) is 38.1 Å². The minimum absolute atomic E-state index is 0.239. The zero-order chi connectivity index (χ0) is 17.7. The van der Waals surface area contributed by atoms with E-state index in [0.29, 0.717) is 18.3 Å². The Bertz CT molecular complexity index is 694. The molecule has 0 saturated carbocycles. The normalized spacial score (nSPS) is 10.9. The molecule has 1 aromatic heterocycles. The van der Waals surface area contributed by atoms with Gasteiger partial charge in [-0.1, -0.05) is 6.07 Å². The van der Waals surface area contributed by atoms with Crippen molar-refractivity contribution in [2.24, 2.45) is 0 Å². The molecule has 1 heterocycles. The second-order valence-corrected chi connectivity index (χ2v) is 6.51. The van der Waals surface area contributed by atoms with Gasteiger partial charge in [0.15, 0.2) is 0 Å². The van der Waals surface area contributed by atoms with Crippen molar-refractivity contribution in [1.29, 1.82) is 0 Å². The molecule has 0 unspecified atom stereocenters. The Morgan fingerprint density at radius 1 is 1.12 bits per heavy atom. The lowest BCUT2D eigenvalue weighted by Crippen LogP contribution is -2.22. The maximum Gasteiger partial charge on any atom is 0.229 e. The summed E-state index contributed by atoms with van der Waals surface area (Å²) in [5.41, 5.74) is 6.94. The lowest BCUT2D eigenvalue weighted by atomic mass is 10.2. The van der Waals surface area contributed by atoms with E-state index in [4.69, 9.17) is 10.5 Å². The lowest BCUT2D eigenvalue weighted by Gasteiger charge is -2.18. The molecule has 2 N–H and O–H groups in total. The minimum Gasteiger partial charge on any atom is -0.496 e. The number of rotatable bonds is 7. The Labute approximate surface area is 147 Å². The molecule has 24 heavy (non-hydrogen) atoms. The van der Waals surface area contributed by atoms with Crippen molar-refractivity contribution < 1.29 is 4.74 Å². The summed E-state index contributed by atoms with van der Waals surface area (Å²) >= 11 is 1.67. The molecule has 8 heteroatoms. The molecule has 7 nitrogen and oxygen atoms in total. The number of nitrogens with two attached hydrogens (primary N) is 1. The van der Waals surface area contributed by atoms with Gasteiger partial charge in [-0.25, -0.2) is 0 Å². The van der Waals surface area contributed by atoms with Crippen LogP contribution in [0.5, 0.6) is 5.75 Å². The van der Waals surface area contributed by atoms with E-state index in [1.165, 1.54) is 5.56 Å². The van der Waals surface area contributed by atoms with Gasteiger partial charge >= 0.3 is 0 Å². The van der Waals surface area contributed by atoms with Crippen molar-refractivity contribution in [3.8, 4) is 5.75 Å². The molecule has 0 atom stereocenters. The smallest absolute Gasteiger partial charge is 0.229 e. The van der Waals surface area contributed by atoms with Crippen LogP contribution in [0.25, 0.3) is 0 Å². The van der Waals surface area contributed by atoms with Crippen molar-refractivity contribution in [2.45, 2.75) is 18.0 Å². The van der Waals surface area contributed by atoms with Crippen molar-refractivity contribution in [3.63, 3.8) is 0 Å². The third kappa shape index (κ3) is 4.72. The van der Waals surface area contributed by atoms with E-state index < -0.39 is 0 Å². The number of hydrogen-bond acceptors (Lipinski definition) is 8. The molecule has 0 spiro atoms. The van der Waals surface area contributed by atoms with Gasteiger partial charge in [0.05, 0.1) is 13.7 Å². The summed E-state index contributed by atoms with van der Waals surface area (Å²) in [7, 11) is 7.47. The van der Waals surface area contributed by atoms with Gasteiger partial charge < -0.3 is 15.4 Å². The van der Waals surface area contributed by atoms with Crippen LogP contribution in [-0.4, -0.2) is 54.4 Å². The fourth-order valence-corrected chi connectivity index (χ4v) is 2.83. The Kier molecular flexibility index (Phi) is 6.22. The molecule has 0 fully saturated rings. The Hall–Kier alpha value is -2.06. The molecular weight excluding hydrogens is 324 g/mol. The van der Waals surface area contributed by atoms with E-state index in [9.17, 15) is 0 Å².